The molecule has 0 radical (unpaired) electrons. The molecule has 2 saturated heterocycles. The van der Waals surface area contributed by atoms with Gasteiger partial charge in [0.1, 0.15) is 0 Å². The van der Waals surface area contributed by atoms with Crippen molar-refractivity contribution in [2.24, 2.45) is 0 Å². The van der Waals surface area contributed by atoms with Crippen LogP contribution in [0.5, 0.6) is 0 Å². The molecule has 4 heteroatoms. The summed E-state index contributed by atoms with van der Waals surface area (Å²) in [6, 6.07) is 19.4. The summed E-state index contributed by atoms with van der Waals surface area (Å²) in [6.07, 6.45) is 3.59. The van der Waals surface area contributed by atoms with Gasteiger partial charge < -0.3 is 15.4 Å². The molecule has 2 aliphatic rings. The fraction of sp³-hybridized carbons (Fsp3) is 0.381. The second-order valence-corrected chi connectivity index (χ2v) is 7.05. The number of hydrogen-bond acceptors (Lipinski definition) is 3. The number of rotatable bonds is 3. The molecule has 2 aliphatic heterocycles. The number of amides is 1. The molecule has 130 valence electrons. The summed E-state index contributed by atoms with van der Waals surface area (Å²) in [7, 11) is 0. The summed E-state index contributed by atoms with van der Waals surface area (Å²) in [5, 5.41) is 6.76. The molecule has 2 atom stereocenters. The van der Waals surface area contributed by atoms with Crippen LogP contribution in [-0.2, 0) is 11.2 Å². The first kappa shape index (κ1) is 16.2. The van der Waals surface area contributed by atoms with Crippen molar-refractivity contribution in [3.05, 3.63) is 60.2 Å². The first-order chi connectivity index (χ1) is 12.3. The maximum absolute atomic E-state index is 11.8. The van der Waals surface area contributed by atoms with E-state index in [4.69, 9.17) is 4.74 Å². The van der Waals surface area contributed by atoms with Crippen LogP contribution in [0.15, 0.2) is 54.6 Å². The van der Waals surface area contributed by atoms with Gasteiger partial charge in [-0.3, -0.25) is 0 Å². The molecule has 2 unspecified atom stereocenters. The molecule has 0 aliphatic carbocycles. The third kappa shape index (κ3) is 3.40. The number of carbonyl (C=O) groups is 1. The molecule has 2 fully saturated rings. The first-order valence-corrected chi connectivity index (χ1v) is 9.08. The standard InChI is InChI=1S/C21H24N2O2/c24-20-23-21(11-13-25-20)10-5-12-22-19(21)15-16-6-4-9-18(14-16)17-7-2-1-3-8-17/h1-4,6-9,14,19,22H,5,10-13,15H2,(H,23,24). The zero-order chi connectivity index (χ0) is 17.1. The van der Waals surface area contributed by atoms with Gasteiger partial charge in [-0.2, -0.15) is 0 Å². The molecule has 1 spiro atoms. The summed E-state index contributed by atoms with van der Waals surface area (Å²) >= 11 is 0. The Labute approximate surface area is 148 Å². The smallest absolute Gasteiger partial charge is 0.407 e. The van der Waals surface area contributed by atoms with Crippen molar-refractivity contribution in [3.8, 4) is 11.1 Å². The number of nitrogens with one attached hydrogen (secondary N) is 2. The van der Waals surface area contributed by atoms with Crippen molar-refractivity contribution in [3.63, 3.8) is 0 Å². The molecule has 4 rings (SSSR count). The Morgan fingerprint density at radius 1 is 1.04 bits per heavy atom. The molecule has 2 N–H and O–H groups in total. The zero-order valence-electron chi connectivity index (χ0n) is 14.3. The largest absolute Gasteiger partial charge is 0.449 e. The van der Waals surface area contributed by atoms with Crippen molar-refractivity contribution in [2.45, 2.75) is 37.3 Å². The van der Waals surface area contributed by atoms with Gasteiger partial charge in [0.25, 0.3) is 0 Å². The number of alkyl carbamates (subject to hydrolysis) is 1. The Kier molecular flexibility index (Phi) is 4.45. The third-order valence-corrected chi connectivity index (χ3v) is 5.46. The molecule has 0 saturated carbocycles. The van der Waals surface area contributed by atoms with Crippen LogP contribution in [0, 0.1) is 0 Å². The first-order valence-electron chi connectivity index (χ1n) is 9.08. The summed E-state index contributed by atoms with van der Waals surface area (Å²) in [4.78, 5) is 11.8. The Morgan fingerprint density at radius 2 is 1.88 bits per heavy atom. The molecule has 25 heavy (non-hydrogen) atoms. The van der Waals surface area contributed by atoms with E-state index in [2.05, 4.69) is 59.2 Å². The Bertz CT molecular complexity index is 743. The van der Waals surface area contributed by atoms with Crippen LogP contribution in [0.1, 0.15) is 24.8 Å². The van der Waals surface area contributed by atoms with Crippen LogP contribution >= 0.6 is 0 Å². The molecule has 0 bridgehead atoms. The van der Waals surface area contributed by atoms with Crippen molar-refractivity contribution >= 4 is 6.09 Å². The fourth-order valence-electron chi connectivity index (χ4n) is 4.14. The molecular weight excluding hydrogens is 312 g/mol. The summed E-state index contributed by atoms with van der Waals surface area (Å²) in [5.41, 5.74) is 3.57. The number of carbonyl (C=O) groups excluding carboxylic acids is 1. The summed E-state index contributed by atoms with van der Waals surface area (Å²) in [5.74, 6) is 0. The van der Waals surface area contributed by atoms with E-state index in [1.54, 1.807) is 0 Å². The van der Waals surface area contributed by atoms with Crippen LogP contribution in [0.2, 0.25) is 0 Å². The van der Waals surface area contributed by atoms with Crippen molar-refractivity contribution in [2.75, 3.05) is 13.2 Å². The van der Waals surface area contributed by atoms with E-state index >= 15 is 0 Å². The number of piperidine rings is 1. The zero-order valence-corrected chi connectivity index (χ0v) is 14.3. The maximum atomic E-state index is 11.8. The van der Waals surface area contributed by atoms with Gasteiger partial charge in [-0.05, 0) is 42.5 Å². The van der Waals surface area contributed by atoms with E-state index < -0.39 is 0 Å². The highest BCUT2D eigenvalue weighted by Gasteiger charge is 2.44. The SMILES string of the molecule is O=C1NC2(CCCNC2Cc2cccc(-c3ccccc3)c2)CCO1. The molecule has 4 nitrogen and oxygen atoms in total. The fourth-order valence-corrected chi connectivity index (χ4v) is 4.14. The monoisotopic (exact) mass is 336 g/mol. The van der Waals surface area contributed by atoms with Crippen LogP contribution in [-0.4, -0.2) is 30.8 Å². The minimum Gasteiger partial charge on any atom is -0.449 e. The Balaban J connectivity index is 1.57. The van der Waals surface area contributed by atoms with E-state index in [0.717, 1.165) is 32.2 Å². The lowest BCUT2D eigenvalue weighted by atomic mass is 9.76. The van der Waals surface area contributed by atoms with Crippen molar-refractivity contribution < 1.29 is 9.53 Å². The topological polar surface area (TPSA) is 50.4 Å². The van der Waals surface area contributed by atoms with Crippen LogP contribution < -0.4 is 10.6 Å². The number of cyclic esters (lactones) is 1. The quantitative estimate of drug-likeness (QED) is 0.902. The second-order valence-electron chi connectivity index (χ2n) is 7.05. The molecule has 2 aromatic rings. The normalized spacial score (nSPS) is 26.1. The van der Waals surface area contributed by atoms with E-state index in [1.165, 1.54) is 16.7 Å². The average Bonchev–Trinajstić information content (AvgIpc) is 2.65. The maximum Gasteiger partial charge on any atom is 0.407 e. The molecule has 2 aromatic carbocycles. The molecule has 2 heterocycles. The van der Waals surface area contributed by atoms with E-state index in [0.29, 0.717) is 6.61 Å². The van der Waals surface area contributed by atoms with Gasteiger partial charge in [-0.1, -0.05) is 54.6 Å². The average molecular weight is 336 g/mol. The highest BCUT2D eigenvalue weighted by atomic mass is 16.6. The lowest BCUT2D eigenvalue weighted by Crippen LogP contribution is -2.67. The van der Waals surface area contributed by atoms with Gasteiger partial charge in [0.05, 0.1) is 12.1 Å². The van der Waals surface area contributed by atoms with Crippen LogP contribution in [0.4, 0.5) is 4.79 Å². The summed E-state index contributed by atoms with van der Waals surface area (Å²) < 4.78 is 5.10. The lowest BCUT2D eigenvalue weighted by molar-refractivity contribution is 0.0565. The van der Waals surface area contributed by atoms with Gasteiger partial charge in [-0.25, -0.2) is 4.79 Å². The van der Waals surface area contributed by atoms with Crippen molar-refractivity contribution in [1.29, 1.82) is 0 Å². The molecular formula is C21H24N2O2. The van der Waals surface area contributed by atoms with Crippen LogP contribution in [0.3, 0.4) is 0 Å². The predicted molar refractivity (Wildman–Crippen MR) is 98.4 cm³/mol. The third-order valence-electron chi connectivity index (χ3n) is 5.46. The van der Waals surface area contributed by atoms with E-state index in [9.17, 15) is 4.79 Å². The minimum absolute atomic E-state index is 0.184. The number of benzene rings is 2. The van der Waals surface area contributed by atoms with Gasteiger partial charge in [0, 0.05) is 12.5 Å². The molecule has 0 aromatic heterocycles. The summed E-state index contributed by atoms with van der Waals surface area (Å²) in [6.45, 7) is 1.51. The number of hydrogen-bond donors (Lipinski definition) is 2. The van der Waals surface area contributed by atoms with Gasteiger partial charge in [-0.15, -0.1) is 0 Å². The van der Waals surface area contributed by atoms with Crippen molar-refractivity contribution in [1.82, 2.24) is 10.6 Å². The van der Waals surface area contributed by atoms with Gasteiger partial charge in [0.15, 0.2) is 0 Å². The highest BCUT2D eigenvalue weighted by Crippen LogP contribution is 2.31. The van der Waals surface area contributed by atoms with E-state index in [-0.39, 0.29) is 17.7 Å². The van der Waals surface area contributed by atoms with Crippen LogP contribution in [0.25, 0.3) is 11.1 Å². The Morgan fingerprint density at radius 3 is 2.72 bits per heavy atom. The minimum atomic E-state index is -0.280. The highest BCUT2D eigenvalue weighted by molar-refractivity contribution is 5.69. The Hall–Kier alpha value is -2.33. The lowest BCUT2D eigenvalue weighted by Gasteiger charge is -2.47. The van der Waals surface area contributed by atoms with Gasteiger partial charge >= 0.3 is 6.09 Å². The van der Waals surface area contributed by atoms with E-state index in [1.807, 2.05) is 6.07 Å². The number of ether oxygens (including phenoxy) is 1. The predicted octanol–water partition coefficient (Wildman–Crippen LogP) is 3.52. The molecule has 1 amide bonds. The second kappa shape index (κ2) is 6.89. The van der Waals surface area contributed by atoms with Gasteiger partial charge in [0.2, 0.25) is 0 Å².